The van der Waals surface area contributed by atoms with E-state index in [1.54, 1.807) is 30.6 Å². The minimum Gasteiger partial charge on any atom is -0.364 e. The van der Waals surface area contributed by atoms with Crippen LogP contribution in [-0.2, 0) is 13.0 Å². The molecule has 8 heteroatoms. The molecule has 0 bridgehead atoms. The smallest absolute Gasteiger partial charge is 0.218 e. The van der Waals surface area contributed by atoms with E-state index in [9.17, 15) is 8.78 Å². The number of nitrogens with zero attached hydrogens (tertiary/aromatic N) is 4. The van der Waals surface area contributed by atoms with Crippen LogP contribution in [0.15, 0.2) is 49.2 Å². The van der Waals surface area contributed by atoms with Gasteiger partial charge in [-0.25, -0.2) is 19.3 Å². The van der Waals surface area contributed by atoms with Gasteiger partial charge in [-0.3, -0.25) is 4.98 Å². The highest BCUT2D eigenvalue weighted by molar-refractivity contribution is 5.78. The molecule has 0 saturated carbocycles. The lowest BCUT2D eigenvalue weighted by atomic mass is 10.1. The first kappa shape index (κ1) is 16.1. The molecular formula is C18H14F2N6. The molecule has 130 valence electrons. The lowest BCUT2D eigenvalue weighted by Gasteiger charge is -2.07. The zero-order valence-corrected chi connectivity index (χ0v) is 13.6. The molecule has 4 rings (SSSR count). The molecule has 0 unspecified atom stereocenters. The highest BCUT2D eigenvalue weighted by atomic mass is 19.1. The van der Waals surface area contributed by atoms with Crippen LogP contribution < -0.4 is 5.32 Å². The summed E-state index contributed by atoms with van der Waals surface area (Å²) in [4.78, 5) is 19.1. The average molecular weight is 352 g/mol. The van der Waals surface area contributed by atoms with Crippen molar-refractivity contribution in [3.63, 3.8) is 0 Å². The highest BCUT2D eigenvalue weighted by Gasteiger charge is 2.10. The van der Waals surface area contributed by atoms with Crippen LogP contribution >= 0.6 is 0 Å². The minimum absolute atomic E-state index is 0.325. The minimum atomic E-state index is -0.548. The van der Waals surface area contributed by atoms with Crippen molar-refractivity contribution in [1.29, 1.82) is 0 Å². The first-order valence-electron chi connectivity index (χ1n) is 7.95. The molecule has 4 aromatic rings. The molecule has 0 aliphatic heterocycles. The Hall–Kier alpha value is -3.42. The normalized spacial score (nSPS) is 11.0. The van der Waals surface area contributed by atoms with Gasteiger partial charge in [0.25, 0.3) is 0 Å². The fraction of sp³-hybridized carbons (Fsp3) is 0.111. The number of pyridine rings is 2. The molecule has 0 atom stereocenters. The van der Waals surface area contributed by atoms with Crippen LogP contribution in [0, 0.1) is 11.8 Å². The van der Waals surface area contributed by atoms with Gasteiger partial charge in [0.1, 0.15) is 23.6 Å². The third kappa shape index (κ3) is 3.34. The molecule has 6 nitrogen and oxygen atoms in total. The Bertz CT molecular complexity index is 1050. The average Bonchev–Trinajstić information content (AvgIpc) is 3.06. The number of rotatable bonds is 5. The van der Waals surface area contributed by atoms with E-state index in [4.69, 9.17) is 0 Å². The zero-order chi connectivity index (χ0) is 17.9. The summed E-state index contributed by atoms with van der Waals surface area (Å²) in [6, 6.07) is 6.27. The number of fused-ring (bicyclic) bond motifs is 1. The third-order valence-corrected chi connectivity index (χ3v) is 3.99. The number of nitrogens with one attached hydrogen (secondary N) is 2. The molecule has 0 radical (unpaired) electrons. The van der Waals surface area contributed by atoms with Gasteiger partial charge in [0.15, 0.2) is 0 Å². The first-order valence-corrected chi connectivity index (χ1v) is 7.95. The standard InChI is InChI=1S/C18H14F2N6/c19-13-2-3-14(22-7-13)8-23-16-4-1-11(17(20)26-16)5-12-6-24-18-15(12)9-21-10-25-18/h1-4,6-7,9-10H,5,8H2,(H,23,26)(H,21,24,25). The molecule has 0 spiro atoms. The van der Waals surface area contributed by atoms with Gasteiger partial charge in [-0.1, -0.05) is 6.07 Å². The van der Waals surface area contributed by atoms with E-state index >= 15 is 0 Å². The summed E-state index contributed by atoms with van der Waals surface area (Å²) in [6.07, 6.45) is 6.47. The number of aromatic nitrogens is 5. The van der Waals surface area contributed by atoms with E-state index in [0.717, 1.165) is 17.1 Å². The van der Waals surface area contributed by atoms with Gasteiger partial charge < -0.3 is 10.3 Å². The maximum absolute atomic E-state index is 14.4. The Kier molecular flexibility index (Phi) is 4.22. The first-order chi connectivity index (χ1) is 12.7. The van der Waals surface area contributed by atoms with Crippen molar-refractivity contribution < 1.29 is 8.78 Å². The second-order valence-electron chi connectivity index (χ2n) is 5.74. The largest absolute Gasteiger partial charge is 0.364 e. The topological polar surface area (TPSA) is 79.4 Å². The summed E-state index contributed by atoms with van der Waals surface area (Å²) < 4.78 is 27.2. The van der Waals surface area contributed by atoms with Crippen molar-refractivity contribution in [2.45, 2.75) is 13.0 Å². The molecule has 0 amide bonds. The van der Waals surface area contributed by atoms with Crippen LogP contribution in [0.3, 0.4) is 0 Å². The van der Waals surface area contributed by atoms with E-state index < -0.39 is 11.8 Å². The molecule has 0 aromatic carbocycles. The second-order valence-corrected chi connectivity index (χ2v) is 5.74. The van der Waals surface area contributed by atoms with E-state index in [2.05, 4.69) is 30.2 Å². The molecule has 26 heavy (non-hydrogen) atoms. The van der Waals surface area contributed by atoms with E-state index in [1.165, 1.54) is 12.4 Å². The SMILES string of the molecule is Fc1ccc(CNc2ccc(Cc3c[nH]c4ncncc34)c(F)n2)nc1. The molecule has 0 fully saturated rings. The number of hydrogen-bond donors (Lipinski definition) is 2. The van der Waals surface area contributed by atoms with Crippen molar-refractivity contribution >= 4 is 16.9 Å². The summed E-state index contributed by atoms with van der Waals surface area (Å²) in [6.45, 7) is 0.325. The number of halogens is 2. The van der Waals surface area contributed by atoms with Crippen LogP contribution in [0.25, 0.3) is 11.0 Å². The van der Waals surface area contributed by atoms with Crippen molar-refractivity contribution in [3.8, 4) is 0 Å². The van der Waals surface area contributed by atoms with Gasteiger partial charge in [0.05, 0.1) is 18.4 Å². The van der Waals surface area contributed by atoms with Gasteiger partial charge in [0, 0.05) is 29.8 Å². The molecule has 0 aliphatic carbocycles. The summed E-state index contributed by atoms with van der Waals surface area (Å²) in [5, 5.41) is 3.83. The fourth-order valence-corrected chi connectivity index (χ4v) is 2.65. The molecular weight excluding hydrogens is 338 g/mol. The highest BCUT2D eigenvalue weighted by Crippen LogP contribution is 2.20. The maximum Gasteiger partial charge on any atom is 0.218 e. The lowest BCUT2D eigenvalue weighted by molar-refractivity contribution is 0.571. The summed E-state index contributed by atoms with van der Waals surface area (Å²) in [7, 11) is 0. The Morgan fingerprint density at radius 1 is 1.00 bits per heavy atom. The van der Waals surface area contributed by atoms with Crippen LogP contribution in [0.1, 0.15) is 16.8 Å². The lowest BCUT2D eigenvalue weighted by Crippen LogP contribution is -2.05. The Morgan fingerprint density at radius 2 is 1.92 bits per heavy atom. The molecule has 0 saturated heterocycles. The fourth-order valence-electron chi connectivity index (χ4n) is 2.65. The molecule has 4 heterocycles. The summed E-state index contributed by atoms with van der Waals surface area (Å²) in [5.74, 6) is -0.558. The van der Waals surface area contributed by atoms with Crippen LogP contribution in [0.2, 0.25) is 0 Å². The Labute approximate surface area is 147 Å². The number of H-pyrrole nitrogens is 1. The Morgan fingerprint density at radius 3 is 2.73 bits per heavy atom. The predicted molar refractivity (Wildman–Crippen MR) is 92.4 cm³/mol. The van der Waals surface area contributed by atoms with Crippen molar-refractivity contribution in [2.24, 2.45) is 0 Å². The van der Waals surface area contributed by atoms with Crippen molar-refractivity contribution in [3.05, 3.63) is 77.8 Å². The quantitative estimate of drug-likeness (QED) is 0.539. The predicted octanol–water partition coefficient (Wildman–Crippen LogP) is 3.23. The van der Waals surface area contributed by atoms with Crippen molar-refractivity contribution in [2.75, 3.05) is 5.32 Å². The maximum atomic E-state index is 14.4. The third-order valence-electron chi connectivity index (χ3n) is 3.99. The van der Waals surface area contributed by atoms with Gasteiger partial charge in [-0.15, -0.1) is 0 Å². The van der Waals surface area contributed by atoms with Gasteiger partial charge in [-0.2, -0.15) is 4.39 Å². The molecule has 2 N–H and O–H groups in total. The van der Waals surface area contributed by atoms with Crippen molar-refractivity contribution in [1.82, 2.24) is 24.9 Å². The molecule has 0 aliphatic rings. The number of anilines is 1. The van der Waals surface area contributed by atoms with Gasteiger partial charge >= 0.3 is 0 Å². The van der Waals surface area contributed by atoms with Gasteiger partial charge in [-0.05, 0) is 23.8 Å². The molecule has 4 aromatic heterocycles. The Balaban J connectivity index is 1.48. The van der Waals surface area contributed by atoms with E-state index in [0.29, 0.717) is 35.7 Å². The number of hydrogen-bond acceptors (Lipinski definition) is 5. The van der Waals surface area contributed by atoms with E-state index in [1.807, 2.05) is 0 Å². The number of aromatic amines is 1. The zero-order valence-electron chi connectivity index (χ0n) is 13.6. The summed E-state index contributed by atoms with van der Waals surface area (Å²) in [5.41, 5.74) is 2.72. The summed E-state index contributed by atoms with van der Waals surface area (Å²) >= 11 is 0. The second kappa shape index (κ2) is 6.83. The van der Waals surface area contributed by atoms with Crippen LogP contribution in [0.5, 0.6) is 0 Å². The van der Waals surface area contributed by atoms with Gasteiger partial charge in [0.2, 0.25) is 5.95 Å². The van der Waals surface area contributed by atoms with Crippen LogP contribution in [0.4, 0.5) is 14.6 Å². The monoisotopic (exact) mass is 352 g/mol. The van der Waals surface area contributed by atoms with Crippen LogP contribution in [-0.4, -0.2) is 24.9 Å². The van der Waals surface area contributed by atoms with E-state index in [-0.39, 0.29) is 0 Å².